The van der Waals surface area contributed by atoms with Gasteiger partial charge in [0.05, 0.1) is 4.99 Å². The van der Waals surface area contributed by atoms with Gasteiger partial charge in [-0.2, -0.15) is 0 Å². The zero-order valence-electron chi connectivity index (χ0n) is 7.76. The third kappa shape index (κ3) is 3.32. The average Bonchev–Trinajstić information content (AvgIpc) is 2.03. The molecule has 12 heavy (non-hydrogen) atoms. The molecule has 0 unspecified atom stereocenters. The van der Waals surface area contributed by atoms with E-state index in [1.807, 2.05) is 6.92 Å². The zero-order chi connectivity index (χ0) is 8.97. The van der Waals surface area contributed by atoms with E-state index in [1.165, 1.54) is 18.5 Å². The van der Waals surface area contributed by atoms with E-state index in [4.69, 9.17) is 12.2 Å². The van der Waals surface area contributed by atoms with Gasteiger partial charge in [0.2, 0.25) is 0 Å². The molecule has 0 aromatic carbocycles. The zero-order valence-corrected chi connectivity index (χ0v) is 8.58. The van der Waals surface area contributed by atoms with Crippen LogP contribution in [0.25, 0.3) is 0 Å². The molecule has 0 aromatic rings. The molecule has 0 saturated carbocycles. The summed E-state index contributed by atoms with van der Waals surface area (Å²) in [6, 6.07) is 0. The van der Waals surface area contributed by atoms with Crippen LogP contribution in [0.4, 0.5) is 0 Å². The highest BCUT2D eigenvalue weighted by molar-refractivity contribution is 7.80. The summed E-state index contributed by atoms with van der Waals surface area (Å²) in [6.07, 6.45) is 3.46. The Balaban J connectivity index is 2.29. The van der Waals surface area contributed by atoms with E-state index in [0.717, 1.165) is 18.1 Å². The third-order valence-corrected chi connectivity index (χ3v) is 2.22. The summed E-state index contributed by atoms with van der Waals surface area (Å²) in [4.78, 5) is 3.20. The van der Waals surface area contributed by atoms with E-state index in [9.17, 15) is 0 Å². The molecule has 0 amide bonds. The number of nitrogens with one attached hydrogen (secondary N) is 1. The van der Waals surface area contributed by atoms with Crippen molar-refractivity contribution in [3.05, 3.63) is 11.6 Å². The lowest BCUT2D eigenvalue weighted by Gasteiger charge is -2.22. The van der Waals surface area contributed by atoms with Gasteiger partial charge in [-0.25, -0.2) is 0 Å². The van der Waals surface area contributed by atoms with E-state index in [-0.39, 0.29) is 0 Å². The van der Waals surface area contributed by atoms with Gasteiger partial charge >= 0.3 is 0 Å². The Morgan fingerprint density at radius 1 is 1.75 bits per heavy atom. The predicted octanol–water partition coefficient (Wildman–Crippen LogP) is 1.19. The first-order valence-corrected chi connectivity index (χ1v) is 4.70. The smallest absolute Gasteiger partial charge is 0.0724 e. The van der Waals surface area contributed by atoms with Crippen LogP contribution in [-0.2, 0) is 0 Å². The quantitative estimate of drug-likeness (QED) is 0.512. The highest BCUT2D eigenvalue weighted by Crippen LogP contribution is 2.07. The van der Waals surface area contributed by atoms with Crippen molar-refractivity contribution < 1.29 is 0 Å². The second-order valence-electron chi connectivity index (χ2n) is 3.28. The van der Waals surface area contributed by atoms with Crippen LogP contribution in [0.15, 0.2) is 11.6 Å². The minimum Gasteiger partial charge on any atom is -0.376 e. The monoisotopic (exact) mass is 184 g/mol. The Morgan fingerprint density at radius 3 is 3.00 bits per heavy atom. The van der Waals surface area contributed by atoms with Gasteiger partial charge in [0, 0.05) is 19.6 Å². The Morgan fingerprint density at radius 2 is 2.50 bits per heavy atom. The molecule has 0 aromatic heterocycles. The van der Waals surface area contributed by atoms with E-state index < -0.39 is 0 Å². The van der Waals surface area contributed by atoms with E-state index in [2.05, 4.69) is 23.3 Å². The summed E-state index contributed by atoms with van der Waals surface area (Å²) in [6.45, 7) is 5.10. The van der Waals surface area contributed by atoms with Gasteiger partial charge in [0.25, 0.3) is 0 Å². The first kappa shape index (κ1) is 9.68. The molecule has 0 aliphatic carbocycles. The Bertz CT molecular complexity index is 199. The lowest BCUT2D eigenvalue weighted by molar-refractivity contribution is 0.357. The molecule has 2 nitrogen and oxygen atoms in total. The van der Waals surface area contributed by atoms with Gasteiger partial charge in [0.1, 0.15) is 0 Å². The van der Waals surface area contributed by atoms with Crippen LogP contribution in [0, 0.1) is 0 Å². The standard InChI is InChI=1S/C9H16N2S/c1-8(12)10-7-9-3-5-11(2)6-4-9/h3H,4-7H2,1-2H3,(H,10,12). The summed E-state index contributed by atoms with van der Waals surface area (Å²) >= 11 is 4.94. The number of thiocarbonyl (C=S) groups is 1. The van der Waals surface area contributed by atoms with Crippen molar-refractivity contribution in [2.75, 3.05) is 26.7 Å². The summed E-state index contributed by atoms with van der Waals surface area (Å²) in [7, 11) is 2.14. The fourth-order valence-corrected chi connectivity index (χ4v) is 1.28. The van der Waals surface area contributed by atoms with Crippen molar-refractivity contribution in [1.82, 2.24) is 10.2 Å². The first-order valence-electron chi connectivity index (χ1n) is 4.29. The number of likely N-dealkylation sites (N-methyl/N-ethyl adjacent to an activating group) is 1. The van der Waals surface area contributed by atoms with Gasteiger partial charge in [-0.15, -0.1) is 0 Å². The molecule has 1 aliphatic rings. The van der Waals surface area contributed by atoms with Crippen LogP contribution in [0.1, 0.15) is 13.3 Å². The van der Waals surface area contributed by atoms with Gasteiger partial charge in [-0.3, -0.25) is 0 Å². The molecule has 1 heterocycles. The van der Waals surface area contributed by atoms with Gasteiger partial charge in [-0.05, 0) is 20.4 Å². The van der Waals surface area contributed by atoms with Crippen LogP contribution < -0.4 is 5.32 Å². The van der Waals surface area contributed by atoms with Crippen molar-refractivity contribution in [2.24, 2.45) is 0 Å². The third-order valence-electron chi connectivity index (χ3n) is 2.07. The van der Waals surface area contributed by atoms with E-state index >= 15 is 0 Å². The first-order chi connectivity index (χ1) is 5.68. The van der Waals surface area contributed by atoms with Crippen molar-refractivity contribution in [1.29, 1.82) is 0 Å². The van der Waals surface area contributed by atoms with Crippen molar-refractivity contribution in [2.45, 2.75) is 13.3 Å². The number of nitrogens with zero attached hydrogens (tertiary/aromatic N) is 1. The molecule has 1 aliphatic heterocycles. The molecule has 3 heteroatoms. The number of hydrogen-bond donors (Lipinski definition) is 1. The molecule has 0 atom stereocenters. The Labute approximate surface area is 79.6 Å². The molecule has 1 N–H and O–H groups in total. The lowest BCUT2D eigenvalue weighted by Crippen LogP contribution is -2.28. The summed E-state index contributed by atoms with van der Waals surface area (Å²) in [5, 5.41) is 3.17. The topological polar surface area (TPSA) is 15.3 Å². The lowest BCUT2D eigenvalue weighted by atomic mass is 10.1. The predicted molar refractivity (Wildman–Crippen MR) is 56.5 cm³/mol. The van der Waals surface area contributed by atoms with Crippen LogP contribution in [-0.4, -0.2) is 36.6 Å². The molecule has 0 saturated heterocycles. The summed E-state index contributed by atoms with van der Waals surface area (Å²) in [5.74, 6) is 0. The maximum Gasteiger partial charge on any atom is 0.0724 e. The van der Waals surface area contributed by atoms with Crippen LogP contribution in [0.2, 0.25) is 0 Å². The second-order valence-corrected chi connectivity index (χ2v) is 3.90. The minimum atomic E-state index is 0.884. The fraction of sp³-hybridized carbons (Fsp3) is 0.667. The molecule has 0 spiro atoms. The van der Waals surface area contributed by atoms with Crippen LogP contribution >= 0.6 is 12.2 Å². The Hall–Kier alpha value is -0.410. The molecular weight excluding hydrogens is 168 g/mol. The van der Waals surface area contributed by atoms with Crippen molar-refractivity contribution in [3.8, 4) is 0 Å². The van der Waals surface area contributed by atoms with Crippen LogP contribution in [0.3, 0.4) is 0 Å². The molecule has 0 radical (unpaired) electrons. The normalized spacial score (nSPS) is 18.7. The largest absolute Gasteiger partial charge is 0.376 e. The number of hydrogen-bond acceptors (Lipinski definition) is 2. The fourth-order valence-electron chi connectivity index (χ4n) is 1.21. The van der Waals surface area contributed by atoms with E-state index in [0.29, 0.717) is 0 Å². The highest BCUT2D eigenvalue weighted by Gasteiger charge is 2.06. The second kappa shape index (κ2) is 4.58. The molecular formula is C9H16N2S. The average molecular weight is 184 g/mol. The molecule has 0 fully saturated rings. The van der Waals surface area contributed by atoms with Crippen molar-refractivity contribution >= 4 is 17.2 Å². The summed E-state index contributed by atoms with van der Waals surface area (Å²) in [5.41, 5.74) is 1.48. The minimum absolute atomic E-state index is 0.884. The molecule has 0 bridgehead atoms. The maximum atomic E-state index is 4.94. The number of rotatable bonds is 2. The van der Waals surface area contributed by atoms with E-state index in [1.54, 1.807) is 0 Å². The van der Waals surface area contributed by atoms with Crippen molar-refractivity contribution in [3.63, 3.8) is 0 Å². The van der Waals surface area contributed by atoms with Gasteiger partial charge in [0.15, 0.2) is 0 Å². The highest BCUT2D eigenvalue weighted by atomic mass is 32.1. The Kier molecular flexibility index (Phi) is 3.69. The maximum absolute atomic E-state index is 4.94. The summed E-state index contributed by atoms with van der Waals surface area (Å²) < 4.78 is 0. The SMILES string of the molecule is CC(=S)NCC1=CCN(C)CC1. The molecule has 1 rings (SSSR count). The van der Waals surface area contributed by atoms with Crippen LogP contribution in [0.5, 0.6) is 0 Å². The van der Waals surface area contributed by atoms with Gasteiger partial charge in [-0.1, -0.05) is 23.9 Å². The van der Waals surface area contributed by atoms with Gasteiger partial charge < -0.3 is 10.2 Å². The molecule has 68 valence electrons.